The molecule has 0 spiro atoms. The van der Waals surface area contributed by atoms with Gasteiger partial charge in [0.15, 0.2) is 11.5 Å². The van der Waals surface area contributed by atoms with Crippen LogP contribution in [0.15, 0.2) is 59.0 Å². The molecule has 0 aliphatic carbocycles. The summed E-state index contributed by atoms with van der Waals surface area (Å²) in [6.07, 6.45) is -0.228. The van der Waals surface area contributed by atoms with Gasteiger partial charge in [-0.05, 0) is 17.7 Å². The van der Waals surface area contributed by atoms with Gasteiger partial charge in [0.25, 0.3) is 0 Å². The average Bonchev–Trinajstić information content (AvgIpc) is 3.06. The summed E-state index contributed by atoms with van der Waals surface area (Å²) < 4.78 is 5.18. The first kappa shape index (κ1) is 14.9. The van der Waals surface area contributed by atoms with E-state index in [9.17, 15) is 5.11 Å². The standard InChI is InChI=1S/C17H16N4O2S/c1-23-15-9-12(7-8-14(15)22)16-18-19-17-21(20-16)13(10-24-17)11-5-3-2-4-6-11/h2-10,16,18,20,22H,1H3/t16-/m0/s1. The summed E-state index contributed by atoms with van der Waals surface area (Å²) in [6, 6.07) is 15.4. The molecule has 24 heavy (non-hydrogen) atoms. The number of hydrazine groups is 1. The summed E-state index contributed by atoms with van der Waals surface area (Å²) in [6.45, 7) is 0. The minimum Gasteiger partial charge on any atom is -0.504 e. The van der Waals surface area contributed by atoms with Crippen molar-refractivity contribution in [2.45, 2.75) is 6.17 Å². The number of ether oxygens (including phenoxy) is 1. The van der Waals surface area contributed by atoms with Crippen LogP contribution in [-0.4, -0.2) is 22.4 Å². The smallest absolute Gasteiger partial charge is 0.206 e. The highest BCUT2D eigenvalue weighted by atomic mass is 32.2. The van der Waals surface area contributed by atoms with Crippen LogP contribution in [0.4, 0.5) is 0 Å². The third kappa shape index (κ3) is 2.57. The molecule has 0 saturated carbocycles. The predicted octanol–water partition coefficient (Wildman–Crippen LogP) is 2.83. The maximum Gasteiger partial charge on any atom is 0.206 e. The number of hydrogen-bond acceptors (Lipinski definition) is 7. The number of nitrogens with one attached hydrogen (secondary N) is 2. The van der Waals surface area contributed by atoms with Crippen LogP contribution in [0, 0.1) is 0 Å². The van der Waals surface area contributed by atoms with Gasteiger partial charge >= 0.3 is 0 Å². The number of benzene rings is 2. The van der Waals surface area contributed by atoms with E-state index in [1.54, 1.807) is 23.9 Å². The second kappa shape index (κ2) is 6.10. The second-order valence-corrected chi connectivity index (χ2v) is 6.18. The lowest BCUT2D eigenvalue weighted by molar-refractivity contribution is 0.288. The maximum absolute atomic E-state index is 9.76. The molecular weight excluding hydrogens is 324 g/mol. The Morgan fingerprint density at radius 1 is 1.21 bits per heavy atom. The van der Waals surface area contributed by atoms with Gasteiger partial charge in [-0.2, -0.15) is 10.5 Å². The number of aromatic hydroxyl groups is 1. The molecule has 0 bridgehead atoms. The van der Waals surface area contributed by atoms with Gasteiger partial charge in [0.2, 0.25) is 5.17 Å². The minimum absolute atomic E-state index is 0.114. The Hall–Kier alpha value is -2.64. The number of phenolic OH excluding ortho intramolecular Hbond substituents is 1. The number of hydrogen-bond donors (Lipinski definition) is 3. The molecule has 2 aliphatic heterocycles. The number of methoxy groups -OCH3 is 1. The number of nitrogens with zero attached hydrogens (tertiary/aromatic N) is 2. The van der Waals surface area contributed by atoms with Gasteiger partial charge in [0.05, 0.1) is 12.8 Å². The number of hydrazone groups is 1. The molecule has 0 unspecified atom stereocenters. The molecule has 122 valence electrons. The Labute approximate surface area is 143 Å². The number of fused-ring (bicyclic) bond motifs is 1. The highest BCUT2D eigenvalue weighted by molar-refractivity contribution is 8.16. The van der Waals surface area contributed by atoms with Crippen molar-refractivity contribution >= 4 is 22.6 Å². The lowest BCUT2D eigenvalue weighted by Gasteiger charge is -2.33. The van der Waals surface area contributed by atoms with Crippen LogP contribution in [0.3, 0.4) is 0 Å². The van der Waals surface area contributed by atoms with Gasteiger partial charge in [0, 0.05) is 11.0 Å². The fourth-order valence-electron chi connectivity index (χ4n) is 2.62. The van der Waals surface area contributed by atoms with Crippen molar-refractivity contribution in [1.29, 1.82) is 0 Å². The molecule has 0 saturated heterocycles. The van der Waals surface area contributed by atoms with Gasteiger partial charge in [-0.1, -0.05) is 48.2 Å². The summed E-state index contributed by atoms with van der Waals surface area (Å²) in [5, 5.41) is 19.1. The average molecular weight is 340 g/mol. The van der Waals surface area contributed by atoms with Gasteiger partial charge in [0.1, 0.15) is 6.17 Å². The van der Waals surface area contributed by atoms with Gasteiger partial charge in [-0.25, -0.2) is 5.01 Å². The summed E-state index contributed by atoms with van der Waals surface area (Å²) in [5.74, 6) is 0.545. The minimum atomic E-state index is -0.228. The Kier molecular flexibility index (Phi) is 3.79. The van der Waals surface area contributed by atoms with E-state index < -0.39 is 0 Å². The first-order valence-electron chi connectivity index (χ1n) is 7.45. The van der Waals surface area contributed by atoms with Crippen LogP contribution < -0.4 is 15.6 Å². The molecule has 2 heterocycles. The molecule has 7 heteroatoms. The quantitative estimate of drug-likeness (QED) is 0.798. The fourth-order valence-corrected chi connectivity index (χ4v) is 3.45. The van der Waals surface area contributed by atoms with E-state index in [1.165, 1.54) is 7.11 Å². The van der Waals surface area contributed by atoms with E-state index in [0.29, 0.717) is 5.75 Å². The molecule has 3 N–H and O–H groups in total. The topological polar surface area (TPSA) is 69.1 Å². The highest BCUT2D eigenvalue weighted by Crippen LogP contribution is 2.35. The zero-order valence-electron chi connectivity index (χ0n) is 12.9. The Morgan fingerprint density at radius 2 is 2.04 bits per heavy atom. The molecular formula is C17H16N4O2S. The van der Waals surface area contributed by atoms with Crippen LogP contribution in [0.5, 0.6) is 11.5 Å². The molecule has 2 aromatic rings. The third-order valence-electron chi connectivity index (χ3n) is 3.86. The number of thioether (sulfide) groups is 1. The molecule has 1 atom stereocenters. The Bertz CT molecular complexity index is 823. The number of phenols is 1. The van der Waals surface area contributed by atoms with Crippen molar-refractivity contribution < 1.29 is 9.84 Å². The monoisotopic (exact) mass is 340 g/mol. The van der Waals surface area contributed by atoms with Gasteiger partial charge in [-0.3, -0.25) is 5.43 Å². The molecule has 6 nitrogen and oxygen atoms in total. The SMILES string of the molecule is COc1cc([C@H]2NN=C3SC=C(c4ccccc4)N3N2)ccc1O. The van der Waals surface area contributed by atoms with E-state index in [0.717, 1.165) is 22.0 Å². The summed E-state index contributed by atoms with van der Waals surface area (Å²) in [5.41, 5.74) is 9.59. The Balaban J connectivity index is 1.61. The first-order chi connectivity index (χ1) is 11.8. The zero-order valence-corrected chi connectivity index (χ0v) is 13.7. The van der Waals surface area contributed by atoms with Crippen molar-refractivity contribution in [2.24, 2.45) is 5.10 Å². The molecule has 2 aromatic carbocycles. The van der Waals surface area contributed by atoms with Crippen LogP contribution in [0.1, 0.15) is 17.3 Å². The molecule has 2 aliphatic rings. The van der Waals surface area contributed by atoms with Crippen molar-refractivity contribution in [1.82, 2.24) is 15.9 Å². The molecule has 4 rings (SSSR count). The predicted molar refractivity (Wildman–Crippen MR) is 95.0 cm³/mol. The maximum atomic E-state index is 9.76. The van der Waals surface area contributed by atoms with E-state index in [-0.39, 0.29) is 11.9 Å². The van der Waals surface area contributed by atoms with Crippen LogP contribution in [0.25, 0.3) is 5.70 Å². The molecule has 0 radical (unpaired) electrons. The molecule has 0 aromatic heterocycles. The van der Waals surface area contributed by atoms with E-state index >= 15 is 0 Å². The van der Waals surface area contributed by atoms with Crippen LogP contribution in [-0.2, 0) is 0 Å². The van der Waals surface area contributed by atoms with E-state index in [1.807, 2.05) is 29.3 Å². The van der Waals surface area contributed by atoms with Crippen molar-refractivity contribution in [2.75, 3.05) is 7.11 Å². The van der Waals surface area contributed by atoms with Crippen LogP contribution in [0.2, 0.25) is 0 Å². The number of amidine groups is 1. The number of rotatable bonds is 3. The zero-order chi connectivity index (χ0) is 16.5. The first-order valence-corrected chi connectivity index (χ1v) is 8.33. The summed E-state index contributed by atoms with van der Waals surface area (Å²) >= 11 is 1.56. The lowest BCUT2D eigenvalue weighted by atomic mass is 10.1. The third-order valence-corrected chi connectivity index (χ3v) is 4.69. The Morgan fingerprint density at radius 3 is 2.83 bits per heavy atom. The highest BCUT2D eigenvalue weighted by Gasteiger charge is 2.30. The summed E-state index contributed by atoms with van der Waals surface area (Å²) in [7, 11) is 1.53. The molecule has 0 amide bonds. The molecule has 0 fully saturated rings. The second-order valence-electron chi connectivity index (χ2n) is 5.34. The van der Waals surface area contributed by atoms with Crippen molar-refractivity contribution in [3.63, 3.8) is 0 Å². The largest absolute Gasteiger partial charge is 0.504 e. The van der Waals surface area contributed by atoms with Crippen LogP contribution >= 0.6 is 11.8 Å². The van der Waals surface area contributed by atoms with Crippen molar-refractivity contribution in [3.8, 4) is 11.5 Å². The normalized spacial score (nSPS) is 19.2. The van der Waals surface area contributed by atoms with Gasteiger partial charge in [-0.15, -0.1) is 0 Å². The van der Waals surface area contributed by atoms with E-state index in [2.05, 4.69) is 33.5 Å². The summed E-state index contributed by atoms with van der Waals surface area (Å²) in [4.78, 5) is 0. The fraction of sp³-hybridized carbons (Fsp3) is 0.118. The van der Waals surface area contributed by atoms with Gasteiger partial charge < -0.3 is 9.84 Å². The lowest BCUT2D eigenvalue weighted by Crippen LogP contribution is -2.49. The van der Waals surface area contributed by atoms with E-state index in [4.69, 9.17) is 4.74 Å². The van der Waals surface area contributed by atoms with Crippen molar-refractivity contribution in [3.05, 3.63) is 65.1 Å².